The molecule has 0 saturated heterocycles. The van der Waals surface area contributed by atoms with Crippen LogP contribution in [-0.2, 0) is 28.6 Å². The van der Waals surface area contributed by atoms with Crippen molar-refractivity contribution >= 4 is 17.9 Å². The molecule has 0 heterocycles. The van der Waals surface area contributed by atoms with Gasteiger partial charge in [-0.05, 0) is 96.3 Å². The highest BCUT2D eigenvalue weighted by Gasteiger charge is 2.19. The van der Waals surface area contributed by atoms with Gasteiger partial charge in [0, 0.05) is 19.3 Å². The van der Waals surface area contributed by atoms with Crippen LogP contribution in [-0.4, -0.2) is 37.2 Å². The van der Waals surface area contributed by atoms with E-state index in [1.54, 1.807) is 0 Å². The average Bonchev–Trinajstić information content (AvgIpc) is 3.43. The number of ether oxygens (including phenoxy) is 3. The third kappa shape index (κ3) is 63.3. The summed E-state index contributed by atoms with van der Waals surface area (Å²) in [4.78, 5) is 38.4. The van der Waals surface area contributed by atoms with E-state index in [0.29, 0.717) is 19.3 Å². The van der Waals surface area contributed by atoms with Crippen molar-refractivity contribution in [2.75, 3.05) is 13.2 Å². The van der Waals surface area contributed by atoms with E-state index >= 15 is 0 Å². The van der Waals surface area contributed by atoms with Gasteiger partial charge in [-0.15, -0.1) is 0 Å². The lowest BCUT2D eigenvalue weighted by molar-refractivity contribution is -0.167. The van der Waals surface area contributed by atoms with E-state index in [-0.39, 0.29) is 31.1 Å². The van der Waals surface area contributed by atoms with Crippen LogP contribution in [0.4, 0.5) is 0 Å². The van der Waals surface area contributed by atoms with Gasteiger partial charge >= 0.3 is 17.9 Å². The molecule has 0 aliphatic rings. The minimum atomic E-state index is -0.781. The summed E-state index contributed by atoms with van der Waals surface area (Å²) in [5, 5.41) is 0. The highest BCUT2D eigenvalue weighted by atomic mass is 16.6. The molecule has 0 fully saturated rings. The molecule has 0 aromatic carbocycles. The van der Waals surface area contributed by atoms with E-state index in [0.717, 1.165) is 103 Å². The van der Waals surface area contributed by atoms with Crippen LogP contribution in [0.5, 0.6) is 0 Å². The molecule has 0 N–H and O–H groups in total. The predicted molar refractivity (Wildman–Crippen MR) is 334 cm³/mol. The molecule has 0 aromatic heterocycles. The predicted octanol–water partition coefficient (Wildman–Crippen LogP) is 22.7. The average molecular weight is 1070 g/mol. The molecule has 6 heteroatoms. The van der Waals surface area contributed by atoms with E-state index in [2.05, 4.69) is 106 Å². The Hall–Kier alpha value is -3.41. The van der Waals surface area contributed by atoms with E-state index < -0.39 is 6.10 Å². The third-order valence-corrected chi connectivity index (χ3v) is 14.4. The van der Waals surface area contributed by atoms with Crippen molar-refractivity contribution in [2.45, 2.75) is 335 Å². The highest BCUT2D eigenvalue weighted by molar-refractivity contribution is 5.71. The molecule has 1 atom stereocenters. The Balaban J connectivity index is 4.34. The molecule has 0 spiro atoms. The summed E-state index contributed by atoms with van der Waals surface area (Å²) in [5.74, 6) is -0.871. The molecule has 0 saturated carbocycles. The number of rotatable bonds is 60. The maximum absolute atomic E-state index is 12.9. The van der Waals surface area contributed by atoms with Gasteiger partial charge in [0.05, 0.1) is 0 Å². The maximum Gasteiger partial charge on any atom is 0.306 e. The molecule has 0 radical (unpaired) electrons. The minimum Gasteiger partial charge on any atom is -0.462 e. The van der Waals surface area contributed by atoms with Crippen LogP contribution in [0.25, 0.3) is 0 Å². The smallest absolute Gasteiger partial charge is 0.306 e. The topological polar surface area (TPSA) is 78.9 Å². The minimum absolute atomic E-state index is 0.0766. The van der Waals surface area contributed by atoms with Crippen molar-refractivity contribution in [3.63, 3.8) is 0 Å². The van der Waals surface area contributed by atoms with E-state index in [9.17, 15) is 14.4 Å². The summed E-state index contributed by atoms with van der Waals surface area (Å²) < 4.78 is 17.0. The van der Waals surface area contributed by atoms with E-state index in [1.165, 1.54) is 186 Å². The van der Waals surface area contributed by atoms with Crippen molar-refractivity contribution < 1.29 is 28.6 Å². The zero-order valence-electron chi connectivity index (χ0n) is 51.0. The first-order valence-corrected chi connectivity index (χ1v) is 33.1. The van der Waals surface area contributed by atoms with Crippen LogP contribution < -0.4 is 0 Å². The Kier molecular flexibility index (Phi) is 62.2. The van der Waals surface area contributed by atoms with Crippen LogP contribution in [0.1, 0.15) is 329 Å². The second-order valence-electron chi connectivity index (χ2n) is 22.0. The Bertz CT molecular complexity index is 1470. The molecular formula is C71H124O6. The monoisotopic (exact) mass is 1070 g/mol. The molecule has 444 valence electrons. The lowest BCUT2D eigenvalue weighted by Crippen LogP contribution is -2.30. The van der Waals surface area contributed by atoms with Crippen molar-refractivity contribution in [3.05, 3.63) is 85.1 Å². The fourth-order valence-corrected chi connectivity index (χ4v) is 9.44. The van der Waals surface area contributed by atoms with Gasteiger partial charge in [-0.3, -0.25) is 14.4 Å². The van der Waals surface area contributed by atoms with Crippen molar-refractivity contribution in [1.82, 2.24) is 0 Å². The van der Waals surface area contributed by atoms with Gasteiger partial charge in [-0.1, -0.05) is 298 Å². The Morgan fingerprint density at radius 2 is 0.506 bits per heavy atom. The molecule has 6 nitrogen and oxygen atoms in total. The lowest BCUT2D eigenvalue weighted by atomic mass is 10.0. The number of carbonyl (C=O) groups excluding carboxylic acids is 3. The fourth-order valence-electron chi connectivity index (χ4n) is 9.44. The van der Waals surface area contributed by atoms with Crippen LogP contribution >= 0.6 is 0 Å². The van der Waals surface area contributed by atoms with Gasteiger partial charge in [0.2, 0.25) is 0 Å². The van der Waals surface area contributed by atoms with Gasteiger partial charge < -0.3 is 14.2 Å². The zero-order valence-corrected chi connectivity index (χ0v) is 51.0. The number of esters is 3. The maximum atomic E-state index is 12.9. The van der Waals surface area contributed by atoms with Crippen molar-refractivity contribution in [2.24, 2.45) is 0 Å². The van der Waals surface area contributed by atoms with Crippen LogP contribution in [0.15, 0.2) is 85.1 Å². The SMILES string of the molecule is CC/C=C\C/C=C\C/C=C\C/C=C\C/C=C\CCCCCCCCCCCC(=O)OCC(COC(=O)CCCCCCCCCCCCCCCCC)OC(=O)CCCCCCCCCCC/C=C\C/C=C\CCCCC. The summed E-state index contributed by atoms with van der Waals surface area (Å²) in [6, 6.07) is 0. The Labute approximate surface area is 477 Å². The molecule has 0 aromatic rings. The molecule has 0 bridgehead atoms. The van der Waals surface area contributed by atoms with E-state index in [4.69, 9.17) is 14.2 Å². The fraction of sp³-hybridized carbons (Fsp3) is 0.761. The summed E-state index contributed by atoms with van der Waals surface area (Å²) in [6.45, 7) is 6.54. The standard InChI is InChI=1S/C71H124O6/c1-4-7-10-13-16-19-22-25-28-30-32-33-34-35-36-37-39-40-43-46-49-52-55-58-61-64-70(73)76-67-68(66-75-69(72)63-60-57-54-51-48-45-42-27-24-21-18-15-12-9-6-3)77-71(74)65-62-59-56-53-50-47-44-41-38-31-29-26-23-20-17-14-11-8-5-2/h7,10,16-17,19-20,25-26,28-29,32-33,35-36,68H,4-6,8-9,11-15,18,21-24,27,30-31,34,37-67H2,1-3H3/b10-7-,19-16-,20-17-,28-25-,29-26-,33-32-,36-35-. The number of allylic oxidation sites excluding steroid dienone is 14. The summed E-state index contributed by atoms with van der Waals surface area (Å²) in [5.41, 5.74) is 0. The molecular weight excluding hydrogens is 949 g/mol. The zero-order chi connectivity index (χ0) is 55.7. The second-order valence-corrected chi connectivity index (χ2v) is 22.0. The van der Waals surface area contributed by atoms with Crippen LogP contribution in [0.2, 0.25) is 0 Å². The van der Waals surface area contributed by atoms with Gasteiger partial charge in [0.25, 0.3) is 0 Å². The van der Waals surface area contributed by atoms with Crippen molar-refractivity contribution in [3.8, 4) is 0 Å². The Morgan fingerprint density at radius 3 is 0.818 bits per heavy atom. The van der Waals surface area contributed by atoms with Crippen LogP contribution in [0, 0.1) is 0 Å². The van der Waals surface area contributed by atoms with Gasteiger partial charge in [-0.25, -0.2) is 0 Å². The summed E-state index contributed by atoms with van der Waals surface area (Å²) >= 11 is 0. The number of hydrogen-bond acceptors (Lipinski definition) is 6. The summed E-state index contributed by atoms with van der Waals surface area (Å²) in [7, 11) is 0. The normalized spacial score (nSPS) is 12.6. The quantitative estimate of drug-likeness (QED) is 0.0261. The first kappa shape index (κ1) is 73.6. The number of hydrogen-bond donors (Lipinski definition) is 0. The summed E-state index contributed by atoms with van der Waals surface area (Å²) in [6.07, 6.45) is 85.8. The van der Waals surface area contributed by atoms with Crippen LogP contribution in [0.3, 0.4) is 0 Å². The number of carbonyl (C=O) groups is 3. The van der Waals surface area contributed by atoms with Gasteiger partial charge in [0.15, 0.2) is 6.10 Å². The molecule has 0 amide bonds. The molecule has 0 rings (SSSR count). The van der Waals surface area contributed by atoms with Gasteiger partial charge in [0.1, 0.15) is 13.2 Å². The van der Waals surface area contributed by atoms with Crippen molar-refractivity contribution in [1.29, 1.82) is 0 Å². The lowest BCUT2D eigenvalue weighted by Gasteiger charge is -2.18. The largest absolute Gasteiger partial charge is 0.462 e. The second kappa shape index (κ2) is 65.1. The van der Waals surface area contributed by atoms with Gasteiger partial charge in [-0.2, -0.15) is 0 Å². The molecule has 1 unspecified atom stereocenters. The Morgan fingerprint density at radius 1 is 0.273 bits per heavy atom. The van der Waals surface area contributed by atoms with E-state index in [1.807, 2.05) is 0 Å². The molecule has 0 aliphatic carbocycles. The first-order valence-electron chi connectivity index (χ1n) is 33.1. The number of unbranched alkanes of at least 4 members (excludes halogenated alkanes) is 35. The molecule has 77 heavy (non-hydrogen) atoms. The third-order valence-electron chi connectivity index (χ3n) is 14.4. The first-order chi connectivity index (χ1) is 38.0. The highest BCUT2D eigenvalue weighted by Crippen LogP contribution is 2.17. The molecule has 0 aliphatic heterocycles.